The molecule has 1 aromatic heterocycles. The molecule has 4 rings (SSSR count). The summed E-state index contributed by atoms with van der Waals surface area (Å²) in [6.45, 7) is 2.58. The van der Waals surface area contributed by atoms with Gasteiger partial charge < -0.3 is 28.4 Å². The molecule has 1 heterocycles. The van der Waals surface area contributed by atoms with Gasteiger partial charge in [-0.2, -0.15) is 0 Å². The number of ether oxygens (including phenoxy) is 6. The summed E-state index contributed by atoms with van der Waals surface area (Å²) in [5, 5.41) is 0. The fourth-order valence-electron chi connectivity index (χ4n) is 3.83. The summed E-state index contributed by atoms with van der Waals surface area (Å²) in [7, 11) is 6.07. The molecule has 40 heavy (non-hydrogen) atoms. The van der Waals surface area contributed by atoms with Crippen LogP contribution in [0.3, 0.4) is 0 Å². The Hall–Kier alpha value is -5.19. The normalized spacial score (nSPS) is 10.4. The highest BCUT2D eigenvalue weighted by atomic mass is 16.5. The summed E-state index contributed by atoms with van der Waals surface area (Å²) in [6, 6.07) is 15.1. The molecule has 0 bridgehead atoms. The molecule has 0 N–H and O–H groups in total. The van der Waals surface area contributed by atoms with Gasteiger partial charge in [0.1, 0.15) is 34.5 Å². The lowest BCUT2D eigenvalue weighted by molar-refractivity contribution is -0.132. The van der Waals surface area contributed by atoms with Gasteiger partial charge in [0.2, 0.25) is 0 Å². The van der Waals surface area contributed by atoms with E-state index >= 15 is 0 Å². The molecule has 0 aliphatic rings. The molecule has 0 radical (unpaired) electrons. The first-order valence-electron chi connectivity index (χ1n) is 12.0. The highest BCUT2D eigenvalue weighted by Crippen LogP contribution is 2.38. The lowest BCUT2D eigenvalue weighted by Gasteiger charge is -2.15. The van der Waals surface area contributed by atoms with Gasteiger partial charge in [-0.15, -0.1) is 0 Å². The van der Waals surface area contributed by atoms with Crippen molar-refractivity contribution >= 4 is 11.9 Å². The molecule has 0 spiro atoms. The molecule has 0 fully saturated rings. The van der Waals surface area contributed by atoms with E-state index in [1.807, 2.05) is 0 Å². The second-order valence-corrected chi connectivity index (χ2v) is 8.28. The van der Waals surface area contributed by atoms with Crippen LogP contribution >= 0.6 is 0 Å². The summed E-state index contributed by atoms with van der Waals surface area (Å²) < 4.78 is 32.5. The van der Waals surface area contributed by atoms with Crippen molar-refractivity contribution in [2.75, 3.05) is 28.4 Å². The molecule has 3 aromatic carbocycles. The summed E-state index contributed by atoms with van der Waals surface area (Å²) in [5.41, 5.74) is 1.34. The van der Waals surface area contributed by atoms with Crippen LogP contribution in [0.25, 0.3) is 34.2 Å². The molecule has 0 aliphatic carbocycles. The predicted molar refractivity (Wildman–Crippen MR) is 145 cm³/mol. The Morgan fingerprint density at radius 1 is 0.500 bits per heavy atom. The van der Waals surface area contributed by atoms with E-state index in [9.17, 15) is 9.59 Å². The average molecular weight is 546 g/mol. The van der Waals surface area contributed by atoms with Crippen LogP contribution in [0.15, 0.2) is 54.6 Å². The van der Waals surface area contributed by atoms with Crippen molar-refractivity contribution in [2.45, 2.75) is 13.8 Å². The molecular formula is C29H27N3O8. The van der Waals surface area contributed by atoms with Crippen LogP contribution < -0.4 is 28.4 Å². The van der Waals surface area contributed by atoms with E-state index in [0.717, 1.165) is 0 Å². The van der Waals surface area contributed by atoms with Gasteiger partial charge in [-0.1, -0.05) is 0 Å². The molecule has 11 heteroatoms. The Bertz CT molecular complexity index is 1490. The van der Waals surface area contributed by atoms with Gasteiger partial charge in [-0.3, -0.25) is 9.59 Å². The van der Waals surface area contributed by atoms with Gasteiger partial charge in [0.05, 0.1) is 45.1 Å². The van der Waals surface area contributed by atoms with E-state index in [0.29, 0.717) is 39.7 Å². The van der Waals surface area contributed by atoms with Crippen molar-refractivity contribution < 1.29 is 38.0 Å². The van der Waals surface area contributed by atoms with Crippen molar-refractivity contribution in [3.63, 3.8) is 0 Å². The van der Waals surface area contributed by atoms with Gasteiger partial charge in [-0.05, 0) is 36.4 Å². The summed E-state index contributed by atoms with van der Waals surface area (Å²) >= 11 is 0. The topological polar surface area (TPSA) is 128 Å². The zero-order valence-corrected chi connectivity index (χ0v) is 22.8. The summed E-state index contributed by atoms with van der Waals surface area (Å²) in [6.07, 6.45) is 0. The number of esters is 2. The van der Waals surface area contributed by atoms with E-state index in [1.165, 1.54) is 35.2 Å². The third-order valence-corrected chi connectivity index (χ3v) is 5.65. The first kappa shape index (κ1) is 27.8. The number of carbonyl (C=O) groups is 2. The molecule has 206 valence electrons. The molecular weight excluding hydrogens is 518 g/mol. The Labute approximate surface area is 230 Å². The fraction of sp³-hybridized carbons (Fsp3) is 0.207. The minimum atomic E-state index is -0.534. The molecule has 11 nitrogen and oxygen atoms in total. The maximum absolute atomic E-state index is 11.9. The zero-order valence-electron chi connectivity index (χ0n) is 22.8. The van der Waals surface area contributed by atoms with Gasteiger partial charge in [0.15, 0.2) is 17.5 Å². The number of hydrogen-bond donors (Lipinski definition) is 0. The summed E-state index contributed by atoms with van der Waals surface area (Å²) in [5.74, 6) is 1.88. The van der Waals surface area contributed by atoms with Crippen molar-refractivity contribution in [3.05, 3.63) is 54.6 Å². The molecule has 0 unspecified atom stereocenters. The number of carbonyl (C=O) groups excluding carboxylic acids is 2. The Morgan fingerprint density at radius 2 is 0.825 bits per heavy atom. The molecule has 0 amide bonds. The van der Waals surface area contributed by atoms with Crippen LogP contribution in [0, 0.1) is 0 Å². The van der Waals surface area contributed by atoms with Gasteiger partial charge in [0.25, 0.3) is 0 Å². The second-order valence-electron chi connectivity index (χ2n) is 8.28. The zero-order chi connectivity index (χ0) is 28.8. The standard InChI is InChI=1S/C29H27N3O8/c1-16(33)39-25-14-19(36-4)8-11-22(25)28-30-27(21-10-7-18(35-3)13-24(21)38-6)31-29(32-28)23-12-9-20(37-5)15-26(23)40-17(2)34/h7-15H,1-6H3. The second kappa shape index (κ2) is 12.1. The van der Waals surface area contributed by atoms with Gasteiger partial charge in [0, 0.05) is 32.0 Å². The molecule has 0 saturated carbocycles. The SMILES string of the molecule is COc1ccc(-c2nc(-c3ccc(OC)cc3OC(C)=O)nc(-c3ccc(OC)cc3OC(C)=O)n2)c(OC)c1. The van der Waals surface area contributed by atoms with E-state index in [4.69, 9.17) is 38.4 Å². The van der Waals surface area contributed by atoms with Crippen LogP contribution in [-0.4, -0.2) is 55.3 Å². The Morgan fingerprint density at radius 3 is 1.12 bits per heavy atom. The third-order valence-electron chi connectivity index (χ3n) is 5.65. The number of rotatable bonds is 9. The Balaban J connectivity index is 2.02. The molecule has 0 atom stereocenters. The first-order chi connectivity index (χ1) is 19.3. The fourth-order valence-corrected chi connectivity index (χ4v) is 3.83. The average Bonchev–Trinajstić information content (AvgIpc) is 2.95. The van der Waals surface area contributed by atoms with Crippen molar-refractivity contribution in [1.29, 1.82) is 0 Å². The first-order valence-corrected chi connectivity index (χ1v) is 12.0. The highest BCUT2D eigenvalue weighted by Gasteiger charge is 2.21. The molecule has 4 aromatic rings. The quantitative estimate of drug-likeness (QED) is 0.213. The van der Waals surface area contributed by atoms with E-state index < -0.39 is 11.9 Å². The minimum Gasteiger partial charge on any atom is -0.497 e. The van der Waals surface area contributed by atoms with Crippen LogP contribution in [0.2, 0.25) is 0 Å². The van der Waals surface area contributed by atoms with E-state index in [2.05, 4.69) is 4.98 Å². The van der Waals surface area contributed by atoms with Gasteiger partial charge in [-0.25, -0.2) is 15.0 Å². The number of benzene rings is 3. The molecule has 0 saturated heterocycles. The predicted octanol–water partition coefficient (Wildman–Crippen LogP) is 4.76. The van der Waals surface area contributed by atoms with Crippen LogP contribution in [0.5, 0.6) is 34.5 Å². The summed E-state index contributed by atoms with van der Waals surface area (Å²) in [4.78, 5) is 37.9. The number of methoxy groups -OCH3 is 4. The lowest BCUT2D eigenvalue weighted by atomic mass is 10.1. The van der Waals surface area contributed by atoms with E-state index in [-0.39, 0.29) is 29.0 Å². The minimum absolute atomic E-state index is 0.182. The van der Waals surface area contributed by atoms with Crippen LogP contribution in [0.1, 0.15) is 13.8 Å². The van der Waals surface area contributed by atoms with Crippen LogP contribution in [-0.2, 0) is 9.59 Å². The number of nitrogens with zero attached hydrogens (tertiary/aromatic N) is 3. The number of hydrogen-bond acceptors (Lipinski definition) is 11. The number of aromatic nitrogens is 3. The molecule has 0 aliphatic heterocycles. The maximum atomic E-state index is 11.9. The van der Waals surface area contributed by atoms with Crippen molar-refractivity contribution in [1.82, 2.24) is 15.0 Å². The third kappa shape index (κ3) is 6.09. The monoisotopic (exact) mass is 545 g/mol. The lowest BCUT2D eigenvalue weighted by Crippen LogP contribution is -2.07. The van der Waals surface area contributed by atoms with Crippen molar-refractivity contribution in [2.24, 2.45) is 0 Å². The van der Waals surface area contributed by atoms with E-state index in [1.54, 1.807) is 61.7 Å². The smallest absolute Gasteiger partial charge is 0.308 e. The van der Waals surface area contributed by atoms with Crippen molar-refractivity contribution in [3.8, 4) is 68.7 Å². The van der Waals surface area contributed by atoms with Gasteiger partial charge >= 0.3 is 11.9 Å². The maximum Gasteiger partial charge on any atom is 0.308 e. The van der Waals surface area contributed by atoms with Crippen LogP contribution in [0.4, 0.5) is 0 Å². The highest BCUT2D eigenvalue weighted by molar-refractivity contribution is 5.79. The Kier molecular flexibility index (Phi) is 8.43. The largest absolute Gasteiger partial charge is 0.497 e.